The van der Waals surface area contributed by atoms with Gasteiger partial charge in [-0.3, -0.25) is 0 Å². The third-order valence-corrected chi connectivity index (χ3v) is 12.2. The second kappa shape index (κ2) is 12.9. The Morgan fingerprint density at radius 3 is 1.71 bits per heavy atom. The first-order chi connectivity index (χ1) is 27.3. The summed E-state index contributed by atoms with van der Waals surface area (Å²) >= 11 is 1.90. The second-order valence-electron chi connectivity index (χ2n) is 14.1. The van der Waals surface area contributed by atoms with Crippen molar-refractivity contribution in [2.75, 3.05) is 14.7 Å². The molecule has 55 heavy (non-hydrogen) atoms. The average Bonchev–Trinajstić information content (AvgIpc) is 3.64. The van der Waals surface area contributed by atoms with Crippen LogP contribution in [0, 0.1) is 0 Å². The third-order valence-electron chi connectivity index (χ3n) is 11.0. The van der Waals surface area contributed by atoms with Gasteiger partial charge in [0.25, 0.3) is 6.71 Å². The summed E-state index contributed by atoms with van der Waals surface area (Å²) < 4.78 is 1.30. The van der Waals surface area contributed by atoms with E-state index in [4.69, 9.17) is 0 Å². The molecule has 258 valence electrons. The van der Waals surface area contributed by atoms with Crippen LogP contribution in [0.5, 0.6) is 0 Å². The highest BCUT2D eigenvalue weighted by Gasteiger charge is 2.45. The molecule has 0 saturated heterocycles. The zero-order chi connectivity index (χ0) is 36.3. The fourth-order valence-electron chi connectivity index (χ4n) is 8.70. The van der Waals surface area contributed by atoms with Crippen LogP contribution in [0.15, 0.2) is 206 Å². The van der Waals surface area contributed by atoms with Crippen LogP contribution in [0.3, 0.4) is 0 Å². The predicted molar refractivity (Wildman–Crippen MR) is 236 cm³/mol. The van der Waals surface area contributed by atoms with Crippen LogP contribution >= 0.6 is 11.3 Å². The van der Waals surface area contributed by atoms with Crippen molar-refractivity contribution in [3.8, 4) is 11.1 Å². The van der Waals surface area contributed by atoms with E-state index in [1.54, 1.807) is 0 Å². The number of hydrogen-bond acceptors (Lipinski definition) is 4. The molecule has 0 saturated carbocycles. The molecule has 0 amide bonds. The molecule has 0 N–H and O–H groups in total. The summed E-state index contributed by atoms with van der Waals surface area (Å²) in [5.74, 6) is 0. The summed E-state index contributed by atoms with van der Waals surface area (Å²) in [6.45, 7) is 0.0387. The van der Waals surface area contributed by atoms with Crippen LogP contribution in [0.1, 0.15) is 0 Å². The summed E-state index contributed by atoms with van der Waals surface area (Å²) in [6, 6.07) is 74.9. The van der Waals surface area contributed by atoms with E-state index in [0.717, 1.165) is 28.4 Å². The number of anilines is 9. The Balaban J connectivity index is 1.18. The predicted octanol–water partition coefficient (Wildman–Crippen LogP) is 12.1. The molecule has 0 unspecified atom stereocenters. The Labute approximate surface area is 325 Å². The molecule has 8 aromatic carbocycles. The summed E-state index contributed by atoms with van der Waals surface area (Å²) in [5.41, 5.74) is 15.7. The van der Waals surface area contributed by atoms with E-state index >= 15 is 0 Å². The molecule has 0 spiro atoms. The van der Waals surface area contributed by atoms with Gasteiger partial charge in [0.2, 0.25) is 0 Å². The van der Waals surface area contributed by atoms with Gasteiger partial charge in [0.1, 0.15) is 0 Å². The highest BCUT2D eigenvalue weighted by molar-refractivity contribution is 7.26. The van der Waals surface area contributed by atoms with E-state index in [1.807, 2.05) is 11.3 Å². The van der Waals surface area contributed by atoms with Crippen LogP contribution in [0.25, 0.3) is 21.2 Å². The lowest BCUT2D eigenvalue weighted by atomic mass is 9.33. The standard InChI is InChI=1S/C50H34BN3S/c1-5-17-35(18-6-1)36-19-15-26-40(33-36)54-45-29-16-28-44-49(45)51(48-42-27-13-14-30-47(42)55-50(48)54)43-32-31-41(34-46(43)53(44)39-24-11-4-12-25-39)52(37-20-7-2-8-21-37)38-22-9-3-10-23-38/h1-34H. The van der Waals surface area contributed by atoms with E-state index in [2.05, 4.69) is 221 Å². The minimum absolute atomic E-state index is 0.0387. The normalized spacial score (nSPS) is 12.6. The number of thiophene rings is 1. The van der Waals surface area contributed by atoms with Crippen LogP contribution in [0.2, 0.25) is 0 Å². The van der Waals surface area contributed by atoms with Gasteiger partial charge < -0.3 is 14.7 Å². The van der Waals surface area contributed by atoms with E-state index in [1.165, 1.54) is 59.7 Å². The SMILES string of the molecule is c1ccc(-c2cccc(N3c4cccc5c4B(c4ccc(N(c6ccccc6)c6ccccc6)cc4N5c4ccccc4)c4c3sc3ccccc43)c2)cc1. The van der Waals surface area contributed by atoms with Gasteiger partial charge in [-0.25, -0.2) is 0 Å². The van der Waals surface area contributed by atoms with Crippen molar-refractivity contribution in [2.24, 2.45) is 0 Å². The van der Waals surface area contributed by atoms with Gasteiger partial charge in [0.05, 0.1) is 5.00 Å². The third kappa shape index (κ3) is 5.12. The van der Waals surface area contributed by atoms with Crippen molar-refractivity contribution in [1.29, 1.82) is 0 Å². The van der Waals surface area contributed by atoms with Crippen molar-refractivity contribution in [3.63, 3.8) is 0 Å². The van der Waals surface area contributed by atoms with E-state index < -0.39 is 0 Å². The van der Waals surface area contributed by atoms with Crippen molar-refractivity contribution >= 4 is 95.0 Å². The Morgan fingerprint density at radius 2 is 0.982 bits per heavy atom. The summed E-state index contributed by atoms with van der Waals surface area (Å²) in [5, 5.41) is 2.59. The van der Waals surface area contributed by atoms with Crippen molar-refractivity contribution < 1.29 is 0 Å². The van der Waals surface area contributed by atoms with Gasteiger partial charge >= 0.3 is 0 Å². The monoisotopic (exact) mass is 719 g/mol. The zero-order valence-corrected chi connectivity index (χ0v) is 30.8. The number of rotatable bonds is 6. The average molecular weight is 720 g/mol. The van der Waals surface area contributed by atoms with Crippen molar-refractivity contribution in [2.45, 2.75) is 0 Å². The summed E-state index contributed by atoms with van der Waals surface area (Å²) in [4.78, 5) is 7.38. The van der Waals surface area contributed by atoms with Crippen molar-refractivity contribution in [3.05, 3.63) is 206 Å². The van der Waals surface area contributed by atoms with Gasteiger partial charge in [-0.1, -0.05) is 127 Å². The van der Waals surface area contributed by atoms with Crippen LogP contribution < -0.4 is 31.1 Å². The lowest BCUT2D eigenvalue weighted by Crippen LogP contribution is -2.61. The van der Waals surface area contributed by atoms with Crippen molar-refractivity contribution in [1.82, 2.24) is 0 Å². The fourth-order valence-corrected chi connectivity index (χ4v) is 9.97. The zero-order valence-electron chi connectivity index (χ0n) is 30.0. The number of nitrogens with zero attached hydrogens (tertiary/aromatic N) is 3. The molecule has 0 fully saturated rings. The largest absolute Gasteiger partial charge is 0.311 e. The van der Waals surface area contributed by atoms with Gasteiger partial charge in [0.15, 0.2) is 0 Å². The molecule has 11 rings (SSSR count). The number of para-hydroxylation sites is 3. The van der Waals surface area contributed by atoms with Crippen LogP contribution in [0.4, 0.5) is 50.5 Å². The molecular formula is C50H34BN3S. The topological polar surface area (TPSA) is 9.72 Å². The molecule has 2 aliphatic rings. The van der Waals surface area contributed by atoms with Crippen LogP contribution in [-0.2, 0) is 0 Å². The maximum absolute atomic E-state index is 2.52. The highest BCUT2D eigenvalue weighted by Crippen LogP contribution is 2.48. The Kier molecular flexibility index (Phi) is 7.46. The first kappa shape index (κ1) is 31.7. The first-order valence-corrected chi connectivity index (χ1v) is 19.6. The van der Waals surface area contributed by atoms with E-state index in [-0.39, 0.29) is 6.71 Å². The van der Waals surface area contributed by atoms with Gasteiger partial charge in [0, 0.05) is 50.2 Å². The molecule has 5 heteroatoms. The summed E-state index contributed by atoms with van der Waals surface area (Å²) in [6.07, 6.45) is 0. The molecule has 0 bridgehead atoms. The summed E-state index contributed by atoms with van der Waals surface area (Å²) in [7, 11) is 0. The lowest BCUT2D eigenvalue weighted by molar-refractivity contribution is 1.25. The van der Waals surface area contributed by atoms with Gasteiger partial charge in [-0.15, -0.1) is 11.3 Å². The molecule has 3 nitrogen and oxygen atoms in total. The molecular weight excluding hydrogens is 685 g/mol. The number of benzene rings is 8. The molecule has 3 heterocycles. The maximum atomic E-state index is 2.52. The second-order valence-corrected chi connectivity index (χ2v) is 15.2. The molecule has 9 aromatic rings. The molecule has 1 aromatic heterocycles. The number of hydrogen-bond donors (Lipinski definition) is 0. The quantitative estimate of drug-likeness (QED) is 0.158. The lowest BCUT2D eigenvalue weighted by Gasteiger charge is -2.43. The Hall–Kier alpha value is -6.82. The van der Waals surface area contributed by atoms with E-state index in [9.17, 15) is 0 Å². The maximum Gasteiger partial charge on any atom is 0.254 e. The van der Waals surface area contributed by atoms with Gasteiger partial charge in [-0.05, 0) is 112 Å². The van der Waals surface area contributed by atoms with Crippen LogP contribution in [-0.4, -0.2) is 6.71 Å². The van der Waals surface area contributed by atoms with Gasteiger partial charge in [-0.2, -0.15) is 0 Å². The molecule has 0 radical (unpaired) electrons. The molecule has 0 aliphatic carbocycles. The fraction of sp³-hybridized carbons (Fsp3) is 0. The Bertz CT molecular complexity index is 2800. The molecule has 0 atom stereocenters. The minimum Gasteiger partial charge on any atom is -0.311 e. The number of fused-ring (bicyclic) bond motifs is 6. The van der Waals surface area contributed by atoms with E-state index in [0.29, 0.717) is 0 Å². The highest BCUT2D eigenvalue weighted by atomic mass is 32.1. The Morgan fingerprint density at radius 1 is 0.400 bits per heavy atom. The minimum atomic E-state index is 0.0387. The smallest absolute Gasteiger partial charge is 0.254 e. The first-order valence-electron chi connectivity index (χ1n) is 18.8. The molecule has 2 aliphatic heterocycles.